The van der Waals surface area contributed by atoms with Crippen molar-refractivity contribution in [2.45, 2.75) is 38.3 Å². The van der Waals surface area contributed by atoms with Gasteiger partial charge in [0.2, 0.25) is 10.0 Å². The van der Waals surface area contributed by atoms with Gasteiger partial charge in [0.1, 0.15) is 10.5 Å². The number of pyridine rings is 1. The Labute approximate surface area is 142 Å². The van der Waals surface area contributed by atoms with Crippen molar-refractivity contribution >= 4 is 21.1 Å². The normalized spacial score (nSPS) is 11.9. The molecule has 0 amide bonds. The standard InChI is InChI=1S/C18H21N3O2S/c1-3-10-21-13-17(16-8-5-9-19-18(16)21)24(22,23)20-12-15-7-4-6-14(2)11-15/h4-9,11,13,20H,3,10,12H2,1-2H3. The lowest BCUT2D eigenvalue weighted by Gasteiger charge is -2.06. The zero-order valence-corrected chi connectivity index (χ0v) is 14.7. The molecule has 0 aliphatic rings. The summed E-state index contributed by atoms with van der Waals surface area (Å²) < 4.78 is 30.1. The van der Waals surface area contributed by atoms with Gasteiger partial charge in [-0.25, -0.2) is 18.1 Å². The lowest BCUT2D eigenvalue weighted by atomic mass is 10.1. The van der Waals surface area contributed by atoms with Crippen molar-refractivity contribution in [3.05, 3.63) is 59.9 Å². The zero-order valence-electron chi connectivity index (χ0n) is 13.9. The Morgan fingerprint density at radius 3 is 2.79 bits per heavy atom. The third kappa shape index (κ3) is 3.34. The molecular weight excluding hydrogens is 322 g/mol. The van der Waals surface area contributed by atoms with E-state index in [0.717, 1.165) is 24.1 Å². The molecule has 0 aliphatic carbocycles. The number of hydrogen-bond acceptors (Lipinski definition) is 3. The van der Waals surface area contributed by atoms with Crippen molar-refractivity contribution in [1.82, 2.24) is 14.3 Å². The molecule has 2 heterocycles. The summed E-state index contributed by atoms with van der Waals surface area (Å²) >= 11 is 0. The number of aryl methyl sites for hydroxylation is 2. The van der Waals surface area contributed by atoms with E-state index in [1.165, 1.54) is 0 Å². The second-order valence-corrected chi connectivity index (χ2v) is 7.61. The van der Waals surface area contributed by atoms with Crippen LogP contribution in [0.3, 0.4) is 0 Å². The van der Waals surface area contributed by atoms with E-state index in [2.05, 4.69) is 16.6 Å². The highest BCUT2D eigenvalue weighted by Gasteiger charge is 2.21. The summed E-state index contributed by atoms with van der Waals surface area (Å²) in [7, 11) is -3.61. The van der Waals surface area contributed by atoms with E-state index in [1.807, 2.05) is 35.8 Å². The van der Waals surface area contributed by atoms with Gasteiger partial charge >= 0.3 is 0 Å². The van der Waals surface area contributed by atoms with Crippen LogP contribution in [0.2, 0.25) is 0 Å². The maximum Gasteiger partial charge on any atom is 0.243 e. The van der Waals surface area contributed by atoms with Gasteiger partial charge in [-0.3, -0.25) is 0 Å². The fourth-order valence-electron chi connectivity index (χ4n) is 2.79. The zero-order chi connectivity index (χ0) is 17.2. The SMILES string of the molecule is CCCn1cc(S(=O)(=O)NCc2cccc(C)c2)c2cccnc21. The summed E-state index contributed by atoms with van der Waals surface area (Å²) in [5.74, 6) is 0. The number of nitrogens with one attached hydrogen (secondary N) is 1. The second kappa shape index (κ2) is 6.75. The first-order valence-electron chi connectivity index (χ1n) is 8.00. The Morgan fingerprint density at radius 2 is 2.04 bits per heavy atom. The van der Waals surface area contributed by atoms with E-state index in [4.69, 9.17) is 0 Å². The maximum absolute atomic E-state index is 12.8. The van der Waals surface area contributed by atoms with Gasteiger partial charge in [0.15, 0.2) is 0 Å². The van der Waals surface area contributed by atoms with Gasteiger partial charge in [-0.1, -0.05) is 36.8 Å². The fourth-order valence-corrected chi connectivity index (χ4v) is 4.02. The van der Waals surface area contributed by atoms with Crippen LogP contribution in [0.1, 0.15) is 24.5 Å². The van der Waals surface area contributed by atoms with Crippen LogP contribution < -0.4 is 4.72 Å². The molecule has 0 fully saturated rings. The molecule has 0 unspecified atom stereocenters. The van der Waals surface area contributed by atoms with Crippen molar-refractivity contribution in [2.75, 3.05) is 0 Å². The summed E-state index contributed by atoms with van der Waals surface area (Å²) in [6.07, 6.45) is 4.28. The molecule has 3 aromatic rings. The van der Waals surface area contributed by atoms with Crippen molar-refractivity contribution in [3.63, 3.8) is 0 Å². The summed E-state index contributed by atoms with van der Waals surface area (Å²) in [5, 5.41) is 0.655. The molecule has 1 aromatic carbocycles. The highest BCUT2D eigenvalue weighted by Crippen LogP contribution is 2.24. The van der Waals surface area contributed by atoms with Gasteiger partial charge in [0.05, 0.1) is 0 Å². The lowest BCUT2D eigenvalue weighted by Crippen LogP contribution is -2.23. The number of hydrogen-bond donors (Lipinski definition) is 1. The Hall–Kier alpha value is -2.18. The Morgan fingerprint density at radius 1 is 1.21 bits per heavy atom. The van der Waals surface area contributed by atoms with Gasteiger partial charge in [-0.2, -0.15) is 0 Å². The predicted molar refractivity (Wildman–Crippen MR) is 95.2 cm³/mol. The number of rotatable bonds is 6. The number of nitrogens with zero attached hydrogens (tertiary/aromatic N) is 2. The van der Waals surface area contributed by atoms with Crippen molar-refractivity contribution < 1.29 is 8.42 Å². The molecule has 0 saturated heterocycles. The van der Waals surface area contributed by atoms with Crippen LogP contribution in [0.25, 0.3) is 11.0 Å². The van der Waals surface area contributed by atoms with Crippen LogP contribution in [-0.2, 0) is 23.1 Å². The third-order valence-electron chi connectivity index (χ3n) is 3.90. The van der Waals surface area contributed by atoms with E-state index in [0.29, 0.717) is 11.0 Å². The molecule has 0 saturated carbocycles. The fraction of sp³-hybridized carbons (Fsp3) is 0.278. The highest BCUT2D eigenvalue weighted by atomic mass is 32.2. The Kier molecular flexibility index (Phi) is 4.69. The Balaban J connectivity index is 1.93. The molecule has 2 aromatic heterocycles. The monoisotopic (exact) mass is 343 g/mol. The van der Waals surface area contributed by atoms with Crippen LogP contribution in [-0.4, -0.2) is 18.0 Å². The number of benzene rings is 1. The van der Waals surface area contributed by atoms with Gasteiger partial charge in [0, 0.05) is 30.9 Å². The van der Waals surface area contributed by atoms with Crippen LogP contribution in [0.15, 0.2) is 53.7 Å². The minimum absolute atomic E-state index is 0.269. The van der Waals surface area contributed by atoms with Gasteiger partial charge in [-0.15, -0.1) is 0 Å². The molecular formula is C18H21N3O2S. The van der Waals surface area contributed by atoms with Crippen LogP contribution in [0, 0.1) is 6.92 Å². The molecule has 0 atom stereocenters. The minimum atomic E-state index is -3.61. The molecule has 0 spiro atoms. The minimum Gasteiger partial charge on any atom is -0.331 e. The molecule has 5 nitrogen and oxygen atoms in total. The predicted octanol–water partition coefficient (Wildman–Crippen LogP) is 3.23. The molecule has 24 heavy (non-hydrogen) atoms. The van der Waals surface area contributed by atoms with Crippen molar-refractivity contribution in [1.29, 1.82) is 0 Å². The molecule has 0 bridgehead atoms. The first-order chi connectivity index (χ1) is 11.5. The lowest BCUT2D eigenvalue weighted by molar-refractivity contribution is 0.581. The molecule has 1 N–H and O–H groups in total. The van der Waals surface area contributed by atoms with Crippen molar-refractivity contribution in [3.8, 4) is 0 Å². The van der Waals surface area contributed by atoms with Gasteiger partial charge in [-0.05, 0) is 31.0 Å². The molecule has 126 valence electrons. The van der Waals surface area contributed by atoms with E-state index in [1.54, 1.807) is 24.5 Å². The molecule has 0 aliphatic heterocycles. The van der Waals surface area contributed by atoms with E-state index >= 15 is 0 Å². The van der Waals surface area contributed by atoms with E-state index < -0.39 is 10.0 Å². The molecule has 3 rings (SSSR count). The van der Waals surface area contributed by atoms with Crippen LogP contribution in [0.4, 0.5) is 0 Å². The summed E-state index contributed by atoms with van der Waals surface area (Å²) in [5.41, 5.74) is 2.75. The third-order valence-corrected chi connectivity index (χ3v) is 5.33. The van der Waals surface area contributed by atoms with Crippen LogP contribution >= 0.6 is 0 Å². The van der Waals surface area contributed by atoms with Gasteiger partial charge < -0.3 is 4.57 Å². The highest BCUT2D eigenvalue weighted by molar-refractivity contribution is 7.89. The first kappa shape index (κ1) is 16.7. The average molecular weight is 343 g/mol. The van der Waals surface area contributed by atoms with E-state index in [9.17, 15) is 8.42 Å². The second-order valence-electron chi connectivity index (χ2n) is 5.87. The number of sulfonamides is 1. The summed E-state index contributed by atoms with van der Waals surface area (Å²) in [6, 6.07) is 11.4. The quantitative estimate of drug-likeness (QED) is 0.747. The average Bonchev–Trinajstić information content (AvgIpc) is 2.94. The summed E-state index contributed by atoms with van der Waals surface area (Å²) in [4.78, 5) is 4.62. The molecule has 0 radical (unpaired) electrons. The summed E-state index contributed by atoms with van der Waals surface area (Å²) in [6.45, 7) is 5.05. The number of aromatic nitrogens is 2. The van der Waals surface area contributed by atoms with Crippen LogP contribution in [0.5, 0.6) is 0 Å². The largest absolute Gasteiger partial charge is 0.331 e. The topological polar surface area (TPSA) is 64.0 Å². The first-order valence-corrected chi connectivity index (χ1v) is 9.48. The maximum atomic E-state index is 12.8. The Bertz CT molecular complexity index is 961. The van der Waals surface area contributed by atoms with E-state index in [-0.39, 0.29) is 11.4 Å². The number of fused-ring (bicyclic) bond motifs is 1. The van der Waals surface area contributed by atoms with Crippen molar-refractivity contribution in [2.24, 2.45) is 0 Å². The van der Waals surface area contributed by atoms with Gasteiger partial charge in [0.25, 0.3) is 0 Å². The molecule has 6 heteroatoms. The smallest absolute Gasteiger partial charge is 0.243 e.